The van der Waals surface area contributed by atoms with Gasteiger partial charge in [0.15, 0.2) is 11.5 Å². The zero-order valence-electron chi connectivity index (χ0n) is 15.4. The van der Waals surface area contributed by atoms with Crippen LogP contribution in [0.4, 0.5) is 5.69 Å². The molecule has 140 valence electrons. The summed E-state index contributed by atoms with van der Waals surface area (Å²) in [4.78, 5) is 7.22. The largest absolute Gasteiger partial charge is 0.486 e. The molecule has 0 spiro atoms. The van der Waals surface area contributed by atoms with Gasteiger partial charge in [-0.3, -0.25) is 4.90 Å². The lowest BCUT2D eigenvalue weighted by Crippen LogP contribution is -2.47. The lowest BCUT2D eigenvalue weighted by molar-refractivity contribution is 0.109. The molecule has 0 bridgehead atoms. The van der Waals surface area contributed by atoms with Gasteiger partial charge < -0.3 is 19.5 Å². The Morgan fingerprint density at radius 3 is 2.46 bits per heavy atom. The van der Waals surface area contributed by atoms with E-state index in [1.807, 2.05) is 6.07 Å². The number of aryl methyl sites for hydroxylation is 2. The van der Waals surface area contributed by atoms with Crippen LogP contribution < -0.4 is 14.4 Å². The number of fused-ring (bicyclic) bond motifs is 1. The van der Waals surface area contributed by atoms with Crippen molar-refractivity contribution in [3.63, 3.8) is 0 Å². The molecular formula is C20H26N2O3S. The Morgan fingerprint density at radius 2 is 1.77 bits per heavy atom. The standard InChI is InChI=1S/C20H26N2O3S/c1-14-11-17(15(2)26-14)18(23)13-21-5-7-22(8-6-21)16-3-4-19-20(12-16)25-10-9-24-19/h3-4,11-12,18,23H,5-10,13H2,1-2H3/t18-/m1/s1. The average Bonchev–Trinajstić information content (AvgIpc) is 3.00. The van der Waals surface area contributed by atoms with Gasteiger partial charge in [-0.15, -0.1) is 11.3 Å². The predicted molar refractivity (Wildman–Crippen MR) is 105 cm³/mol. The van der Waals surface area contributed by atoms with Crippen LogP contribution >= 0.6 is 11.3 Å². The third kappa shape index (κ3) is 3.68. The molecule has 5 nitrogen and oxygen atoms in total. The van der Waals surface area contributed by atoms with Crippen molar-refractivity contribution >= 4 is 17.0 Å². The lowest BCUT2D eigenvalue weighted by atomic mass is 10.1. The molecule has 1 N–H and O–H groups in total. The Bertz CT molecular complexity index is 768. The van der Waals surface area contributed by atoms with E-state index in [0.29, 0.717) is 19.8 Å². The van der Waals surface area contributed by atoms with Gasteiger partial charge in [-0.1, -0.05) is 0 Å². The summed E-state index contributed by atoms with van der Waals surface area (Å²) in [6.07, 6.45) is -0.402. The summed E-state index contributed by atoms with van der Waals surface area (Å²) in [5, 5.41) is 10.6. The molecule has 0 amide bonds. The first kappa shape index (κ1) is 17.6. The first-order valence-corrected chi connectivity index (χ1v) is 10.0. The minimum absolute atomic E-state index is 0.402. The third-order valence-electron chi connectivity index (χ3n) is 5.13. The zero-order valence-corrected chi connectivity index (χ0v) is 16.2. The quantitative estimate of drug-likeness (QED) is 0.891. The van der Waals surface area contributed by atoms with Gasteiger partial charge in [-0.25, -0.2) is 0 Å². The highest BCUT2D eigenvalue weighted by molar-refractivity contribution is 7.12. The molecule has 4 rings (SSSR count). The average molecular weight is 375 g/mol. The zero-order chi connectivity index (χ0) is 18.1. The molecule has 0 aliphatic carbocycles. The van der Waals surface area contributed by atoms with Gasteiger partial charge in [0.05, 0.1) is 6.10 Å². The maximum atomic E-state index is 10.6. The summed E-state index contributed by atoms with van der Waals surface area (Å²) in [6, 6.07) is 8.31. The van der Waals surface area contributed by atoms with Crippen LogP contribution in [0.25, 0.3) is 0 Å². The van der Waals surface area contributed by atoms with Crippen molar-refractivity contribution < 1.29 is 14.6 Å². The molecule has 2 aromatic rings. The van der Waals surface area contributed by atoms with Crippen LogP contribution in [0.3, 0.4) is 0 Å². The van der Waals surface area contributed by atoms with Gasteiger partial charge in [0.1, 0.15) is 13.2 Å². The van der Waals surface area contributed by atoms with Crippen molar-refractivity contribution in [1.82, 2.24) is 4.90 Å². The molecule has 0 unspecified atom stereocenters. The summed E-state index contributed by atoms with van der Waals surface area (Å²) < 4.78 is 11.3. The normalized spacial score (nSPS) is 18.8. The molecule has 1 atom stereocenters. The SMILES string of the molecule is Cc1cc([C@H](O)CN2CCN(c3ccc4c(c3)OCCO4)CC2)c(C)s1. The van der Waals surface area contributed by atoms with Crippen LogP contribution in [-0.2, 0) is 0 Å². The van der Waals surface area contributed by atoms with Crippen molar-refractivity contribution in [2.24, 2.45) is 0 Å². The number of hydrogen-bond acceptors (Lipinski definition) is 6. The van der Waals surface area contributed by atoms with Gasteiger partial charge in [0, 0.05) is 54.2 Å². The second-order valence-corrected chi connectivity index (χ2v) is 8.46. The van der Waals surface area contributed by atoms with E-state index in [-0.39, 0.29) is 0 Å². The molecule has 0 saturated carbocycles. The van der Waals surface area contributed by atoms with E-state index < -0.39 is 6.10 Å². The van der Waals surface area contributed by atoms with Crippen LogP contribution in [0.5, 0.6) is 11.5 Å². The molecule has 0 radical (unpaired) electrons. The number of anilines is 1. The number of nitrogens with zero attached hydrogens (tertiary/aromatic N) is 2. The Labute approximate surface area is 158 Å². The van der Waals surface area contributed by atoms with E-state index in [2.05, 4.69) is 41.8 Å². The fraction of sp³-hybridized carbons (Fsp3) is 0.500. The fourth-order valence-corrected chi connectivity index (χ4v) is 4.72. The molecule has 2 aliphatic rings. The Kier molecular flexibility index (Phi) is 5.07. The molecule has 26 heavy (non-hydrogen) atoms. The highest BCUT2D eigenvalue weighted by Gasteiger charge is 2.23. The minimum atomic E-state index is -0.402. The number of rotatable bonds is 4. The molecule has 1 fully saturated rings. The van der Waals surface area contributed by atoms with Crippen molar-refractivity contribution in [1.29, 1.82) is 0 Å². The molecule has 2 aliphatic heterocycles. The van der Waals surface area contributed by atoms with Crippen molar-refractivity contribution in [2.45, 2.75) is 20.0 Å². The number of thiophene rings is 1. The highest BCUT2D eigenvalue weighted by Crippen LogP contribution is 2.34. The van der Waals surface area contributed by atoms with E-state index in [1.165, 1.54) is 15.4 Å². The second-order valence-electron chi connectivity index (χ2n) is 7.00. The van der Waals surface area contributed by atoms with Crippen LogP contribution in [0.15, 0.2) is 24.3 Å². The number of ether oxygens (including phenoxy) is 2. The highest BCUT2D eigenvalue weighted by atomic mass is 32.1. The number of aliphatic hydroxyl groups is 1. The van der Waals surface area contributed by atoms with Gasteiger partial charge in [-0.05, 0) is 37.6 Å². The van der Waals surface area contributed by atoms with E-state index >= 15 is 0 Å². The fourth-order valence-electron chi connectivity index (χ4n) is 3.74. The summed E-state index contributed by atoms with van der Waals surface area (Å²) in [5.41, 5.74) is 2.26. The number of β-amino-alcohol motifs (C(OH)–C–C–N with tert-alkyl or cyclic N) is 1. The van der Waals surface area contributed by atoms with E-state index in [0.717, 1.165) is 43.2 Å². The number of hydrogen-bond donors (Lipinski definition) is 1. The number of piperazine rings is 1. The summed E-state index contributed by atoms with van der Waals surface area (Å²) >= 11 is 1.76. The topological polar surface area (TPSA) is 45.2 Å². The number of aliphatic hydroxyl groups excluding tert-OH is 1. The maximum absolute atomic E-state index is 10.6. The number of benzene rings is 1. The predicted octanol–water partition coefficient (Wildman–Crippen LogP) is 2.99. The van der Waals surface area contributed by atoms with Gasteiger partial charge in [-0.2, -0.15) is 0 Å². The maximum Gasteiger partial charge on any atom is 0.163 e. The third-order valence-corrected chi connectivity index (χ3v) is 6.11. The van der Waals surface area contributed by atoms with Crippen LogP contribution in [-0.4, -0.2) is 55.9 Å². The van der Waals surface area contributed by atoms with Gasteiger partial charge in [0.2, 0.25) is 0 Å². The van der Waals surface area contributed by atoms with E-state index in [4.69, 9.17) is 9.47 Å². The van der Waals surface area contributed by atoms with Crippen molar-refractivity contribution in [3.05, 3.63) is 39.6 Å². The smallest absolute Gasteiger partial charge is 0.163 e. The summed E-state index contributed by atoms with van der Waals surface area (Å²) in [7, 11) is 0. The van der Waals surface area contributed by atoms with E-state index in [1.54, 1.807) is 11.3 Å². The molecule has 6 heteroatoms. The van der Waals surface area contributed by atoms with Crippen molar-refractivity contribution in [2.75, 3.05) is 50.8 Å². The molecular weight excluding hydrogens is 348 g/mol. The van der Waals surface area contributed by atoms with Crippen LogP contribution in [0.2, 0.25) is 0 Å². The first-order valence-electron chi connectivity index (χ1n) is 9.22. The monoisotopic (exact) mass is 374 g/mol. The molecule has 3 heterocycles. The minimum Gasteiger partial charge on any atom is -0.486 e. The van der Waals surface area contributed by atoms with Gasteiger partial charge in [0.25, 0.3) is 0 Å². The van der Waals surface area contributed by atoms with Crippen molar-refractivity contribution in [3.8, 4) is 11.5 Å². The Balaban J connectivity index is 1.35. The van der Waals surface area contributed by atoms with Crippen LogP contribution in [0, 0.1) is 13.8 Å². The Morgan fingerprint density at radius 1 is 1.04 bits per heavy atom. The Hall–Kier alpha value is -1.76. The first-order chi connectivity index (χ1) is 12.6. The van der Waals surface area contributed by atoms with Crippen LogP contribution in [0.1, 0.15) is 21.4 Å². The summed E-state index contributed by atoms with van der Waals surface area (Å²) in [6.45, 7) is 9.94. The summed E-state index contributed by atoms with van der Waals surface area (Å²) in [5.74, 6) is 1.68. The molecule has 1 aromatic carbocycles. The van der Waals surface area contributed by atoms with E-state index in [9.17, 15) is 5.11 Å². The molecule has 1 aromatic heterocycles. The molecule has 1 saturated heterocycles. The second kappa shape index (κ2) is 7.47. The van der Waals surface area contributed by atoms with Gasteiger partial charge >= 0.3 is 0 Å². The lowest BCUT2D eigenvalue weighted by Gasteiger charge is -2.37.